The summed E-state index contributed by atoms with van der Waals surface area (Å²) in [7, 11) is 0. The molecule has 1 fully saturated rings. The van der Waals surface area contributed by atoms with Gasteiger partial charge in [-0.3, -0.25) is 4.68 Å². The standard InChI is InChI=1S/C8H12IN3/c9-7-5-11-12(6-7)8-1-3-10-4-2-8/h5-6,8,10H,1-4H2. The molecule has 0 spiro atoms. The molecule has 0 aromatic carbocycles. The molecule has 0 bridgehead atoms. The van der Waals surface area contributed by atoms with Crippen molar-refractivity contribution < 1.29 is 0 Å². The zero-order valence-electron chi connectivity index (χ0n) is 6.83. The van der Waals surface area contributed by atoms with Crippen LogP contribution in [0.5, 0.6) is 0 Å². The molecule has 1 aliphatic heterocycles. The van der Waals surface area contributed by atoms with Gasteiger partial charge in [-0.15, -0.1) is 0 Å². The third kappa shape index (κ3) is 1.80. The second-order valence-corrected chi connectivity index (χ2v) is 4.37. The number of hydrogen-bond acceptors (Lipinski definition) is 2. The minimum absolute atomic E-state index is 0.620. The van der Waals surface area contributed by atoms with E-state index in [0.29, 0.717) is 6.04 Å². The number of nitrogens with one attached hydrogen (secondary N) is 1. The lowest BCUT2D eigenvalue weighted by atomic mass is 10.1. The summed E-state index contributed by atoms with van der Waals surface area (Å²) in [6, 6.07) is 0.620. The summed E-state index contributed by atoms with van der Waals surface area (Å²) in [5, 5.41) is 7.67. The summed E-state index contributed by atoms with van der Waals surface area (Å²) in [5.41, 5.74) is 0. The van der Waals surface area contributed by atoms with E-state index in [-0.39, 0.29) is 0 Å². The summed E-state index contributed by atoms with van der Waals surface area (Å²) >= 11 is 2.30. The van der Waals surface area contributed by atoms with Crippen LogP contribution < -0.4 is 5.32 Å². The lowest BCUT2D eigenvalue weighted by Crippen LogP contribution is -2.29. The first-order chi connectivity index (χ1) is 5.86. The van der Waals surface area contributed by atoms with Gasteiger partial charge in [-0.05, 0) is 48.5 Å². The summed E-state index contributed by atoms with van der Waals surface area (Å²) < 4.78 is 3.33. The topological polar surface area (TPSA) is 29.9 Å². The van der Waals surface area contributed by atoms with Crippen molar-refractivity contribution in [1.82, 2.24) is 15.1 Å². The molecule has 12 heavy (non-hydrogen) atoms. The van der Waals surface area contributed by atoms with Crippen molar-refractivity contribution in [2.24, 2.45) is 0 Å². The fraction of sp³-hybridized carbons (Fsp3) is 0.625. The van der Waals surface area contributed by atoms with Gasteiger partial charge in [-0.25, -0.2) is 0 Å². The Morgan fingerprint density at radius 1 is 1.50 bits per heavy atom. The Morgan fingerprint density at radius 3 is 2.83 bits per heavy atom. The quantitative estimate of drug-likeness (QED) is 0.787. The molecule has 2 rings (SSSR count). The molecule has 4 heteroatoms. The van der Waals surface area contributed by atoms with E-state index in [9.17, 15) is 0 Å². The van der Waals surface area contributed by atoms with Crippen LogP contribution in [0.15, 0.2) is 12.4 Å². The van der Waals surface area contributed by atoms with Crippen LogP contribution in [0.25, 0.3) is 0 Å². The van der Waals surface area contributed by atoms with Crippen LogP contribution in [0.2, 0.25) is 0 Å². The Balaban J connectivity index is 2.08. The Kier molecular flexibility index (Phi) is 2.65. The average Bonchev–Trinajstić information content (AvgIpc) is 2.54. The number of halogens is 1. The third-order valence-corrected chi connectivity index (χ3v) is 2.81. The fourth-order valence-corrected chi connectivity index (χ4v) is 2.00. The van der Waals surface area contributed by atoms with Crippen LogP contribution in [0.3, 0.4) is 0 Å². The Morgan fingerprint density at radius 2 is 2.25 bits per heavy atom. The molecule has 2 heterocycles. The van der Waals surface area contributed by atoms with Gasteiger partial charge < -0.3 is 5.32 Å². The van der Waals surface area contributed by atoms with E-state index in [4.69, 9.17) is 0 Å². The molecule has 1 aromatic rings. The minimum atomic E-state index is 0.620. The van der Waals surface area contributed by atoms with Gasteiger partial charge in [0.25, 0.3) is 0 Å². The zero-order chi connectivity index (χ0) is 8.39. The molecule has 0 radical (unpaired) electrons. The summed E-state index contributed by atoms with van der Waals surface area (Å²) in [5.74, 6) is 0. The van der Waals surface area contributed by atoms with Crippen molar-refractivity contribution >= 4 is 22.6 Å². The van der Waals surface area contributed by atoms with E-state index < -0.39 is 0 Å². The second kappa shape index (κ2) is 3.74. The van der Waals surface area contributed by atoms with Crippen molar-refractivity contribution in [2.75, 3.05) is 13.1 Å². The van der Waals surface area contributed by atoms with Gasteiger partial charge in [0, 0.05) is 6.20 Å². The molecule has 0 atom stereocenters. The summed E-state index contributed by atoms with van der Waals surface area (Å²) in [6.07, 6.45) is 6.45. The van der Waals surface area contributed by atoms with E-state index >= 15 is 0 Å². The van der Waals surface area contributed by atoms with Gasteiger partial charge in [-0.1, -0.05) is 0 Å². The molecule has 1 aromatic heterocycles. The van der Waals surface area contributed by atoms with E-state index in [1.165, 1.54) is 16.4 Å². The molecular formula is C8H12IN3. The van der Waals surface area contributed by atoms with Gasteiger partial charge in [0.2, 0.25) is 0 Å². The van der Waals surface area contributed by atoms with Crippen molar-refractivity contribution in [3.63, 3.8) is 0 Å². The number of nitrogens with zero attached hydrogens (tertiary/aromatic N) is 2. The molecule has 1 N–H and O–H groups in total. The first-order valence-corrected chi connectivity index (χ1v) is 5.34. The number of aromatic nitrogens is 2. The summed E-state index contributed by atoms with van der Waals surface area (Å²) in [6.45, 7) is 2.25. The monoisotopic (exact) mass is 277 g/mol. The SMILES string of the molecule is Ic1cnn(C2CCNCC2)c1. The van der Waals surface area contributed by atoms with Crippen LogP contribution in [0.1, 0.15) is 18.9 Å². The minimum Gasteiger partial charge on any atom is -0.317 e. The number of hydrogen-bond donors (Lipinski definition) is 1. The number of rotatable bonds is 1. The molecule has 0 unspecified atom stereocenters. The molecule has 0 aliphatic carbocycles. The summed E-state index contributed by atoms with van der Waals surface area (Å²) in [4.78, 5) is 0. The Hall–Kier alpha value is -0.100. The molecule has 0 saturated carbocycles. The maximum absolute atomic E-state index is 4.32. The van der Waals surface area contributed by atoms with E-state index in [0.717, 1.165) is 13.1 Å². The van der Waals surface area contributed by atoms with E-state index in [2.05, 4.69) is 43.9 Å². The first-order valence-electron chi connectivity index (χ1n) is 4.26. The van der Waals surface area contributed by atoms with Crippen LogP contribution in [-0.4, -0.2) is 22.9 Å². The van der Waals surface area contributed by atoms with Crippen LogP contribution in [0, 0.1) is 3.57 Å². The normalized spacial score (nSPS) is 19.8. The predicted octanol–water partition coefficient (Wildman–Crippen LogP) is 1.41. The zero-order valence-corrected chi connectivity index (χ0v) is 8.99. The van der Waals surface area contributed by atoms with Crippen molar-refractivity contribution in [2.45, 2.75) is 18.9 Å². The lowest BCUT2D eigenvalue weighted by Gasteiger charge is -2.22. The van der Waals surface area contributed by atoms with Gasteiger partial charge in [0.1, 0.15) is 0 Å². The number of piperidine rings is 1. The molecular weight excluding hydrogens is 265 g/mol. The average molecular weight is 277 g/mol. The van der Waals surface area contributed by atoms with Crippen LogP contribution in [0.4, 0.5) is 0 Å². The first kappa shape index (κ1) is 8.50. The van der Waals surface area contributed by atoms with Crippen molar-refractivity contribution in [3.8, 4) is 0 Å². The van der Waals surface area contributed by atoms with Gasteiger partial charge in [0.15, 0.2) is 0 Å². The lowest BCUT2D eigenvalue weighted by molar-refractivity contribution is 0.343. The van der Waals surface area contributed by atoms with Crippen LogP contribution >= 0.6 is 22.6 Å². The van der Waals surface area contributed by atoms with E-state index in [1.54, 1.807) is 0 Å². The third-order valence-electron chi connectivity index (χ3n) is 2.25. The van der Waals surface area contributed by atoms with Gasteiger partial charge >= 0.3 is 0 Å². The molecule has 1 saturated heterocycles. The van der Waals surface area contributed by atoms with Crippen LogP contribution in [-0.2, 0) is 0 Å². The highest BCUT2D eigenvalue weighted by atomic mass is 127. The highest BCUT2D eigenvalue weighted by molar-refractivity contribution is 14.1. The maximum Gasteiger partial charge on any atom is 0.0623 e. The largest absolute Gasteiger partial charge is 0.317 e. The molecule has 3 nitrogen and oxygen atoms in total. The Bertz CT molecular complexity index is 253. The van der Waals surface area contributed by atoms with E-state index in [1.807, 2.05) is 6.20 Å². The molecule has 0 amide bonds. The maximum atomic E-state index is 4.32. The van der Waals surface area contributed by atoms with Gasteiger partial charge in [0.05, 0.1) is 15.8 Å². The Labute approximate surface area is 85.7 Å². The highest BCUT2D eigenvalue weighted by Crippen LogP contribution is 2.18. The molecule has 1 aliphatic rings. The van der Waals surface area contributed by atoms with Crippen molar-refractivity contribution in [1.29, 1.82) is 0 Å². The predicted molar refractivity (Wildman–Crippen MR) is 56.1 cm³/mol. The molecule has 66 valence electrons. The van der Waals surface area contributed by atoms with Crippen molar-refractivity contribution in [3.05, 3.63) is 16.0 Å². The fourth-order valence-electron chi connectivity index (χ4n) is 1.59. The smallest absolute Gasteiger partial charge is 0.0623 e. The van der Waals surface area contributed by atoms with Gasteiger partial charge in [-0.2, -0.15) is 5.10 Å². The second-order valence-electron chi connectivity index (χ2n) is 3.12. The highest BCUT2D eigenvalue weighted by Gasteiger charge is 2.14.